The number of aromatic nitrogens is 3. The van der Waals surface area contributed by atoms with Crippen molar-refractivity contribution in [2.45, 2.75) is 5.16 Å². The molecule has 0 aliphatic carbocycles. The number of carbonyl (C=O) groups excluding carboxylic acids is 1. The van der Waals surface area contributed by atoms with Crippen molar-refractivity contribution in [2.24, 2.45) is 0 Å². The molecular weight excluding hydrogens is 422 g/mol. The monoisotopic (exact) mass is 437 g/mol. The SMILES string of the molecule is O=C(CSc1nnc(-c2cccs2)n1-c1ccccc1)Nc1ccc([N+](=O)[O-])cc1. The number of hydrogen-bond donors (Lipinski definition) is 1. The normalized spacial score (nSPS) is 10.7. The van der Waals surface area contributed by atoms with Crippen LogP contribution in [0.5, 0.6) is 0 Å². The Bertz CT molecular complexity index is 1160. The van der Waals surface area contributed by atoms with Crippen molar-refractivity contribution in [3.8, 4) is 16.4 Å². The molecule has 4 rings (SSSR count). The summed E-state index contributed by atoms with van der Waals surface area (Å²) in [6.45, 7) is 0. The summed E-state index contributed by atoms with van der Waals surface area (Å²) in [5, 5.41) is 24.7. The number of para-hydroxylation sites is 1. The van der Waals surface area contributed by atoms with Crippen molar-refractivity contribution in [3.05, 3.63) is 82.2 Å². The summed E-state index contributed by atoms with van der Waals surface area (Å²) in [5.74, 6) is 0.593. The first kappa shape index (κ1) is 19.8. The van der Waals surface area contributed by atoms with Crippen LogP contribution < -0.4 is 5.32 Å². The second-order valence-corrected chi connectivity index (χ2v) is 7.99. The average Bonchev–Trinajstić information content (AvgIpc) is 3.43. The number of nitrogens with one attached hydrogen (secondary N) is 1. The van der Waals surface area contributed by atoms with Gasteiger partial charge in [-0.2, -0.15) is 0 Å². The molecule has 0 bridgehead atoms. The highest BCUT2D eigenvalue weighted by molar-refractivity contribution is 7.99. The average molecular weight is 438 g/mol. The van der Waals surface area contributed by atoms with Gasteiger partial charge < -0.3 is 5.32 Å². The molecule has 0 saturated carbocycles. The number of rotatable bonds is 7. The lowest BCUT2D eigenvalue weighted by Gasteiger charge is -2.09. The second kappa shape index (κ2) is 8.89. The van der Waals surface area contributed by atoms with E-state index < -0.39 is 4.92 Å². The zero-order valence-corrected chi connectivity index (χ0v) is 17.1. The van der Waals surface area contributed by atoms with Crippen molar-refractivity contribution in [2.75, 3.05) is 11.1 Å². The molecule has 1 amide bonds. The molecule has 1 N–H and O–H groups in total. The van der Waals surface area contributed by atoms with Crippen LogP contribution in [0.1, 0.15) is 0 Å². The predicted molar refractivity (Wildman–Crippen MR) is 117 cm³/mol. The predicted octanol–water partition coefficient (Wildman–Crippen LogP) is 4.63. The number of anilines is 1. The molecular formula is C20H15N5O3S2. The summed E-state index contributed by atoms with van der Waals surface area (Å²) in [7, 11) is 0. The van der Waals surface area contributed by atoms with Crippen molar-refractivity contribution in [1.29, 1.82) is 0 Å². The van der Waals surface area contributed by atoms with E-state index in [0.717, 1.165) is 16.4 Å². The van der Waals surface area contributed by atoms with Gasteiger partial charge in [-0.1, -0.05) is 36.0 Å². The van der Waals surface area contributed by atoms with E-state index >= 15 is 0 Å². The molecule has 2 aromatic carbocycles. The molecule has 0 aliphatic heterocycles. The van der Waals surface area contributed by atoms with Gasteiger partial charge in [0.2, 0.25) is 5.91 Å². The van der Waals surface area contributed by atoms with Gasteiger partial charge in [-0.25, -0.2) is 0 Å². The van der Waals surface area contributed by atoms with E-state index in [4.69, 9.17) is 0 Å². The summed E-state index contributed by atoms with van der Waals surface area (Å²) < 4.78 is 1.93. The van der Waals surface area contributed by atoms with Crippen LogP contribution in [0, 0.1) is 10.1 Å². The number of thioether (sulfide) groups is 1. The van der Waals surface area contributed by atoms with Crippen LogP contribution in [0.3, 0.4) is 0 Å². The zero-order chi connectivity index (χ0) is 20.9. The van der Waals surface area contributed by atoms with E-state index in [1.165, 1.54) is 36.0 Å². The van der Waals surface area contributed by atoms with Gasteiger partial charge >= 0.3 is 0 Å². The lowest BCUT2D eigenvalue weighted by Crippen LogP contribution is -2.14. The van der Waals surface area contributed by atoms with Gasteiger partial charge in [-0.05, 0) is 35.7 Å². The van der Waals surface area contributed by atoms with Crippen molar-refractivity contribution in [3.63, 3.8) is 0 Å². The van der Waals surface area contributed by atoms with Gasteiger partial charge in [-0.15, -0.1) is 21.5 Å². The molecule has 2 aromatic heterocycles. The molecule has 0 fully saturated rings. The fourth-order valence-electron chi connectivity index (χ4n) is 2.73. The van der Waals surface area contributed by atoms with Crippen molar-refractivity contribution in [1.82, 2.24) is 14.8 Å². The van der Waals surface area contributed by atoms with Crippen LogP contribution in [0.15, 0.2) is 77.3 Å². The van der Waals surface area contributed by atoms with Crippen LogP contribution >= 0.6 is 23.1 Å². The summed E-state index contributed by atoms with van der Waals surface area (Å²) in [6, 6.07) is 19.4. The third-order valence-electron chi connectivity index (χ3n) is 4.08. The lowest BCUT2D eigenvalue weighted by molar-refractivity contribution is -0.384. The van der Waals surface area contributed by atoms with Crippen LogP contribution in [0.4, 0.5) is 11.4 Å². The van der Waals surface area contributed by atoms with Crippen LogP contribution in [-0.4, -0.2) is 31.3 Å². The molecule has 0 atom stereocenters. The van der Waals surface area contributed by atoms with E-state index in [-0.39, 0.29) is 17.3 Å². The smallest absolute Gasteiger partial charge is 0.269 e. The largest absolute Gasteiger partial charge is 0.325 e. The number of nitro benzene ring substituents is 1. The Hall–Kier alpha value is -3.50. The van der Waals surface area contributed by atoms with E-state index in [2.05, 4.69) is 15.5 Å². The fourth-order valence-corrected chi connectivity index (χ4v) is 4.18. The molecule has 0 radical (unpaired) electrons. The minimum Gasteiger partial charge on any atom is -0.325 e. The Balaban J connectivity index is 1.50. The van der Waals surface area contributed by atoms with E-state index in [1.807, 2.05) is 52.4 Å². The first-order valence-electron chi connectivity index (χ1n) is 8.83. The van der Waals surface area contributed by atoms with E-state index in [9.17, 15) is 14.9 Å². The topological polar surface area (TPSA) is 103 Å². The molecule has 8 nitrogen and oxygen atoms in total. The minimum atomic E-state index is -0.483. The maximum absolute atomic E-state index is 12.4. The van der Waals surface area contributed by atoms with Crippen LogP contribution in [-0.2, 0) is 4.79 Å². The Morgan fingerprint density at radius 3 is 2.50 bits per heavy atom. The summed E-state index contributed by atoms with van der Waals surface area (Å²) >= 11 is 2.84. The maximum Gasteiger partial charge on any atom is 0.269 e. The highest BCUT2D eigenvalue weighted by Gasteiger charge is 2.18. The van der Waals surface area contributed by atoms with Gasteiger partial charge in [-0.3, -0.25) is 19.5 Å². The van der Waals surface area contributed by atoms with Crippen LogP contribution in [0.2, 0.25) is 0 Å². The number of nitrogens with zero attached hydrogens (tertiary/aromatic N) is 4. The molecule has 0 aliphatic rings. The molecule has 0 saturated heterocycles. The number of amides is 1. The first-order chi connectivity index (χ1) is 14.6. The Kier molecular flexibility index (Phi) is 5.87. The second-order valence-electron chi connectivity index (χ2n) is 6.10. The Morgan fingerprint density at radius 1 is 1.07 bits per heavy atom. The first-order valence-corrected chi connectivity index (χ1v) is 10.7. The van der Waals surface area contributed by atoms with Crippen molar-refractivity contribution >= 4 is 40.4 Å². The number of thiophene rings is 1. The molecule has 30 heavy (non-hydrogen) atoms. The molecule has 0 spiro atoms. The lowest BCUT2D eigenvalue weighted by atomic mass is 10.3. The van der Waals surface area contributed by atoms with Gasteiger partial charge in [0.15, 0.2) is 11.0 Å². The third kappa shape index (κ3) is 4.39. The zero-order valence-electron chi connectivity index (χ0n) is 15.5. The fraction of sp³-hybridized carbons (Fsp3) is 0.0500. The summed E-state index contributed by atoms with van der Waals surface area (Å²) in [6.07, 6.45) is 0. The minimum absolute atomic E-state index is 0.0283. The number of hydrogen-bond acceptors (Lipinski definition) is 7. The third-order valence-corrected chi connectivity index (χ3v) is 5.88. The summed E-state index contributed by atoms with van der Waals surface area (Å²) in [5.41, 5.74) is 1.37. The number of non-ortho nitro benzene ring substituents is 1. The summed E-state index contributed by atoms with van der Waals surface area (Å²) in [4.78, 5) is 23.6. The van der Waals surface area contributed by atoms with Gasteiger partial charge in [0.1, 0.15) is 0 Å². The standard InChI is InChI=1S/C20H15N5O3S2/c26-18(21-14-8-10-16(11-9-14)25(27)28)13-30-20-23-22-19(17-7-4-12-29-17)24(20)15-5-2-1-3-6-15/h1-12H,13H2,(H,21,26). The Morgan fingerprint density at radius 2 is 1.83 bits per heavy atom. The van der Waals surface area contributed by atoms with Gasteiger partial charge in [0, 0.05) is 23.5 Å². The highest BCUT2D eigenvalue weighted by atomic mass is 32.2. The molecule has 0 unspecified atom stereocenters. The Labute approximate surface area is 179 Å². The number of benzene rings is 2. The van der Waals surface area contributed by atoms with E-state index in [0.29, 0.717) is 10.8 Å². The van der Waals surface area contributed by atoms with Gasteiger partial charge in [0.05, 0.1) is 15.6 Å². The van der Waals surface area contributed by atoms with Crippen molar-refractivity contribution < 1.29 is 9.72 Å². The number of nitro groups is 1. The molecule has 2 heterocycles. The molecule has 4 aromatic rings. The molecule has 10 heteroatoms. The van der Waals surface area contributed by atoms with E-state index in [1.54, 1.807) is 11.3 Å². The number of carbonyl (C=O) groups is 1. The highest BCUT2D eigenvalue weighted by Crippen LogP contribution is 2.30. The maximum atomic E-state index is 12.4. The van der Waals surface area contributed by atoms with Gasteiger partial charge in [0.25, 0.3) is 5.69 Å². The molecule has 150 valence electrons. The quantitative estimate of drug-likeness (QED) is 0.257. The van der Waals surface area contributed by atoms with Crippen LogP contribution in [0.25, 0.3) is 16.4 Å².